The Hall–Kier alpha value is -0.870. The zero-order valence-corrected chi connectivity index (χ0v) is 12.3. The van der Waals surface area contributed by atoms with E-state index in [2.05, 4.69) is 22.0 Å². The predicted octanol–water partition coefficient (Wildman–Crippen LogP) is 2.56. The Morgan fingerprint density at radius 2 is 1.95 bits per heavy atom. The first-order valence-corrected chi connectivity index (χ1v) is 8.19. The van der Waals surface area contributed by atoms with Crippen molar-refractivity contribution in [1.82, 2.24) is 4.90 Å². The van der Waals surface area contributed by atoms with Gasteiger partial charge in [0.15, 0.2) is 5.96 Å². The number of thioether (sulfide) groups is 1. The Bertz CT molecular complexity index is 468. The van der Waals surface area contributed by atoms with Gasteiger partial charge in [0.1, 0.15) is 0 Å². The highest BCUT2D eigenvalue weighted by Gasteiger charge is 2.38. The summed E-state index contributed by atoms with van der Waals surface area (Å²) in [7, 11) is 0. The van der Waals surface area contributed by atoms with E-state index in [0.29, 0.717) is 12.0 Å². The second-order valence-electron chi connectivity index (χ2n) is 5.05. The molecule has 3 rings (SSSR count). The lowest BCUT2D eigenvalue weighted by Crippen LogP contribution is -2.42. The van der Waals surface area contributed by atoms with Crippen molar-refractivity contribution in [3.8, 4) is 0 Å². The number of aliphatic imine (C=N–C) groups is 1. The van der Waals surface area contributed by atoms with E-state index in [1.807, 2.05) is 23.9 Å². The third kappa shape index (κ3) is 3.18. The molecule has 0 bridgehead atoms. The summed E-state index contributed by atoms with van der Waals surface area (Å²) in [4.78, 5) is 6.87. The van der Waals surface area contributed by atoms with Gasteiger partial charge in [-0.05, 0) is 24.1 Å². The second-order valence-corrected chi connectivity index (χ2v) is 6.71. The van der Waals surface area contributed by atoms with Crippen LogP contribution in [0.2, 0.25) is 5.02 Å². The monoisotopic (exact) mass is 295 g/mol. The van der Waals surface area contributed by atoms with Gasteiger partial charge in [0.2, 0.25) is 0 Å². The number of hydrogen-bond donors (Lipinski definition) is 1. The Kier molecular flexibility index (Phi) is 3.89. The third-order valence-corrected chi connectivity index (χ3v) is 4.88. The molecular weight excluding hydrogens is 278 g/mol. The number of hydrogen-bond acceptors (Lipinski definition) is 2. The molecule has 5 heteroatoms. The van der Waals surface area contributed by atoms with Crippen LogP contribution in [-0.2, 0) is 0 Å². The van der Waals surface area contributed by atoms with E-state index in [4.69, 9.17) is 17.3 Å². The predicted molar refractivity (Wildman–Crippen MR) is 83.1 cm³/mol. The fourth-order valence-corrected chi connectivity index (χ4v) is 3.47. The standard InChI is InChI=1S/C14H18ClN3S/c15-11-3-1-10(2-4-11)12-9-13(12)17-14(16)18-5-7-19-8-6-18/h1-4,12-13H,5-9H2,(H2,16,17)/t12-,13+/m0/s1. The molecule has 1 aliphatic carbocycles. The van der Waals surface area contributed by atoms with Gasteiger partial charge in [-0.3, -0.25) is 0 Å². The van der Waals surface area contributed by atoms with Crippen LogP contribution < -0.4 is 5.73 Å². The van der Waals surface area contributed by atoms with Crippen LogP contribution in [0.5, 0.6) is 0 Å². The minimum Gasteiger partial charge on any atom is -0.370 e. The third-order valence-electron chi connectivity index (χ3n) is 3.69. The van der Waals surface area contributed by atoms with Crippen molar-refractivity contribution in [3.05, 3.63) is 34.9 Å². The second kappa shape index (κ2) is 5.63. The van der Waals surface area contributed by atoms with E-state index in [0.717, 1.165) is 42.0 Å². The number of benzene rings is 1. The minimum absolute atomic E-state index is 0.357. The molecule has 2 fully saturated rings. The van der Waals surface area contributed by atoms with Gasteiger partial charge in [-0.1, -0.05) is 23.7 Å². The van der Waals surface area contributed by atoms with Gasteiger partial charge >= 0.3 is 0 Å². The smallest absolute Gasteiger partial charge is 0.191 e. The van der Waals surface area contributed by atoms with Gasteiger partial charge in [-0.15, -0.1) is 0 Å². The molecule has 0 unspecified atom stereocenters. The summed E-state index contributed by atoms with van der Waals surface area (Å²) < 4.78 is 0. The number of guanidine groups is 1. The lowest BCUT2D eigenvalue weighted by atomic mass is 10.1. The Morgan fingerprint density at radius 3 is 2.63 bits per heavy atom. The first kappa shape index (κ1) is 13.1. The SMILES string of the molecule is NC(=N[C@@H]1C[C@H]1c1ccc(Cl)cc1)N1CCSCC1. The first-order chi connectivity index (χ1) is 9.24. The van der Waals surface area contributed by atoms with Crippen LogP contribution in [0, 0.1) is 0 Å². The fourth-order valence-electron chi connectivity index (χ4n) is 2.44. The normalized spacial score (nSPS) is 27.4. The molecule has 0 spiro atoms. The number of nitrogens with two attached hydrogens (primary N) is 1. The summed E-state index contributed by atoms with van der Waals surface area (Å²) in [6.45, 7) is 2.05. The molecule has 3 nitrogen and oxygen atoms in total. The van der Waals surface area contributed by atoms with Crippen LogP contribution >= 0.6 is 23.4 Å². The van der Waals surface area contributed by atoms with Crippen LogP contribution in [0.4, 0.5) is 0 Å². The molecule has 0 amide bonds. The molecule has 1 aliphatic heterocycles. The highest BCUT2D eigenvalue weighted by molar-refractivity contribution is 7.99. The van der Waals surface area contributed by atoms with Crippen molar-refractivity contribution in [2.75, 3.05) is 24.6 Å². The average molecular weight is 296 g/mol. The van der Waals surface area contributed by atoms with Crippen molar-refractivity contribution in [3.63, 3.8) is 0 Å². The Balaban J connectivity index is 1.61. The maximum Gasteiger partial charge on any atom is 0.191 e. The van der Waals surface area contributed by atoms with E-state index in [1.54, 1.807) is 0 Å². The molecule has 0 aromatic heterocycles. The quantitative estimate of drug-likeness (QED) is 0.673. The van der Waals surface area contributed by atoms with E-state index >= 15 is 0 Å². The van der Waals surface area contributed by atoms with Gasteiger partial charge in [0.05, 0.1) is 6.04 Å². The summed E-state index contributed by atoms with van der Waals surface area (Å²) in [5.74, 6) is 3.56. The van der Waals surface area contributed by atoms with Gasteiger partial charge < -0.3 is 10.6 Å². The maximum atomic E-state index is 6.10. The average Bonchev–Trinajstić information content (AvgIpc) is 3.20. The Morgan fingerprint density at radius 1 is 1.26 bits per heavy atom. The van der Waals surface area contributed by atoms with E-state index < -0.39 is 0 Å². The molecule has 1 saturated carbocycles. The van der Waals surface area contributed by atoms with Gasteiger partial charge in [0.25, 0.3) is 0 Å². The summed E-state index contributed by atoms with van der Waals surface area (Å²) >= 11 is 7.89. The summed E-state index contributed by atoms with van der Waals surface area (Å²) in [5, 5.41) is 0.787. The van der Waals surface area contributed by atoms with Crippen molar-refractivity contribution in [2.24, 2.45) is 10.7 Å². The van der Waals surface area contributed by atoms with Crippen molar-refractivity contribution in [2.45, 2.75) is 18.4 Å². The Labute approximate surface area is 123 Å². The molecule has 1 aromatic carbocycles. The van der Waals surface area contributed by atoms with Crippen LogP contribution in [0.1, 0.15) is 17.9 Å². The van der Waals surface area contributed by atoms with E-state index in [-0.39, 0.29) is 0 Å². The van der Waals surface area contributed by atoms with Crippen molar-refractivity contribution in [1.29, 1.82) is 0 Å². The highest BCUT2D eigenvalue weighted by Crippen LogP contribution is 2.43. The van der Waals surface area contributed by atoms with Gasteiger partial charge in [0, 0.05) is 35.5 Å². The van der Waals surface area contributed by atoms with Crippen molar-refractivity contribution < 1.29 is 0 Å². The highest BCUT2D eigenvalue weighted by atomic mass is 35.5. The fraction of sp³-hybridized carbons (Fsp3) is 0.500. The van der Waals surface area contributed by atoms with E-state index in [1.165, 1.54) is 5.56 Å². The topological polar surface area (TPSA) is 41.6 Å². The van der Waals surface area contributed by atoms with Crippen molar-refractivity contribution >= 4 is 29.3 Å². The van der Waals surface area contributed by atoms with Crippen LogP contribution in [0.15, 0.2) is 29.3 Å². The molecule has 19 heavy (non-hydrogen) atoms. The largest absolute Gasteiger partial charge is 0.370 e. The molecule has 0 radical (unpaired) electrons. The van der Waals surface area contributed by atoms with Crippen LogP contribution in [0.25, 0.3) is 0 Å². The van der Waals surface area contributed by atoms with E-state index in [9.17, 15) is 0 Å². The summed E-state index contributed by atoms with van der Waals surface area (Å²) in [5.41, 5.74) is 7.42. The molecule has 1 aromatic rings. The summed E-state index contributed by atoms with van der Waals surface area (Å²) in [6, 6.07) is 8.44. The molecular formula is C14H18ClN3S. The van der Waals surface area contributed by atoms with Gasteiger partial charge in [-0.25, -0.2) is 4.99 Å². The lowest BCUT2D eigenvalue weighted by molar-refractivity contribution is 0.455. The summed E-state index contributed by atoms with van der Waals surface area (Å²) in [6.07, 6.45) is 1.10. The molecule has 102 valence electrons. The zero-order chi connectivity index (χ0) is 13.2. The number of rotatable bonds is 2. The molecule has 1 heterocycles. The zero-order valence-electron chi connectivity index (χ0n) is 10.8. The van der Waals surface area contributed by atoms with Crippen LogP contribution in [-0.4, -0.2) is 41.5 Å². The van der Waals surface area contributed by atoms with Gasteiger partial charge in [-0.2, -0.15) is 11.8 Å². The number of halogens is 1. The maximum absolute atomic E-state index is 6.10. The molecule has 2 N–H and O–H groups in total. The molecule has 1 saturated heterocycles. The molecule has 2 aliphatic rings. The first-order valence-electron chi connectivity index (χ1n) is 6.65. The van der Waals surface area contributed by atoms with Crippen LogP contribution in [0.3, 0.4) is 0 Å². The molecule has 2 atom stereocenters. The lowest BCUT2D eigenvalue weighted by Gasteiger charge is -2.27. The minimum atomic E-state index is 0.357. The number of nitrogens with zero attached hydrogens (tertiary/aromatic N) is 2.